The molecule has 0 spiro atoms. The fraction of sp³-hybridized carbons (Fsp3) is 0.375. The molecule has 3 aliphatic rings. The van der Waals surface area contributed by atoms with E-state index in [-0.39, 0.29) is 12.9 Å². The number of hydrogen-bond donors (Lipinski definition) is 1. The number of fused-ring (bicyclic) bond motifs is 8. The van der Waals surface area contributed by atoms with Gasteiger partial charge in [0.1, 0.15) is 17.1 Å². The van der Waals surface area contributed by atoms with Gasteiger partial charge in [-0.1, -0.05) is 6.07 Å². The number of hydrogen-bond acceptors (Lipinski definition) is 7. The van der Waals surface area contributed by atoms with E-state index in [1.54, 1.807) is 14.2 Å². The quantitative estimate of drug-likeness (QED) is 0.690. The van der Waals surface area contributed by atoms with Gasteiger partial charge in [-0.2, -0.15) is 0 Å². The summed E-state index contributed by atoms with van der Waals surface area (Å²) in [5, 5.41) is 13.2. The molecule has 3 atom stereocenters. The van der Waals surface area contributed by atoms with Crippen LogP contribution in [0.5, 0.6) is 23.0 Å². The Kier molecular flexibility index (Phi) is 3.91. The van der Waals surface area contributed by atoms with Crippen LogP contribution in [0.4, 0.5) is 0 Å². The maximum absolute atomic E-state index is 12.3. The Morgan fingerprint density at radius 2 is 1.87 bits per heavy atom. The zero-order valence-corrected chi connectivity index (χ0v) is 17.6. The second-order valence-electron chi connectivity index (χ2n) is 8.21. The van der Waals surface area contributed by atoms with E-state index >= 15 is 0 Å². The second-order valence-corrected chi connectivity index (χ2v) is 8.21. The first-order valence-electron chi connectivity index (χ1n) is 10.4. The van der Waals surface area contributed by atoms with Crippen molar-refractivity contribution in [1.29, 1.82) is 0 Å². The number of benzene rings is 2. The summed E-state index contributed by atoms with van der Waals surface area (Å²) in [6, 6.07) is 9.35. The van der Waals surface area contributed by atoms with E-state index < -0.39 is 11.7 Å². The first-order valence-corrected chi connectivity index (χ1v) is 10.4. The van der Waals surface area contributed by atoms with Gasteiger partial charge in [-0.05, 0) is 49.6 Å². The molecule has 1 aromatic heterocycles. The number of rotatable bonds is 3. The zero-order valence-electron chi connectivity index (χ0n) is 17.6. The van der Waals surface area contributed by atoms with Crippen LogP contribution in [0.2, 0.25) is 0 Å². The molecule has 3 aliphatic heterocycles. The molecular weight excluding hydrogens is 398 g/mol. The summed E-state index contributed by atoms with van der Waals surface area (Å²) in [6.07, 6.45) is 0.983. The van der Waals surface area contributed by atoms with Gasteiger partial charge in [-0.25, -0.2) is 4.98 Å². The van der Waals surface area contributed by atoms with Crippen LogP contribution in [0.1, 0.15) is 41.3 Å². The summed E-state index contributed by atoms with van der Waals surface area (Å²) < 4.78 is 29.0. The lowest BCUT2D eigenvalue weighted by Gasteiger charge is -2.41. The normalized spacial score (nSPS) is 25.5. The molecule has 0 saturated carbocycles. The van der Waals surface area contributed by atoms with E-state index in [1.165, 1.54) is 0 Å². The minimum Gasteiger partial charge on any atom is -0.497 e. The van der Waals surface area contributed by atoms with Gasteiger partial charge in [0, 0.05) is 11.1 Å². The van der Waals surface area contributed by atoms with Crippen molar-refractivity contribution in [2.45, 2.75) is 37.6 Å². The van der Waals surface area contributed by atoms with Crippen LogP contribution in [0, 0.1) is 6.92 Å². The highest BCUT2D eigenvalue weighted by atomic mass is 16.7. The van der Waals surface area contributed by atoms with Crippen molar-refractivity contribution in [3.8, 4) is 23.0 Å². The number of methoxy groups -OCH3 is 2. The summed E-state index contributed by atoms with van der Waals surface area (Å²) in [4.78, 5) is 4.73. The average molecular weight is 421 g/mol. The predicted octanol–water partition coefficient (Wildman–Crippen LogP) is 3.76. The Labute approximate surface area is 179 Å². The van der Waals surface area contributed by atoms with E-state index in [0.717, 1.165) is 40.6 Å². The largest absolute Gasteiger partial charge is 0.497 e. The molecule has 0 amide bonds. The van der Waals surface area contributed by atoms with Gasteiger partial charge >= 0.3 is 0 Å². The molecule has 2 aromatic carbocycles. The lowest BCUT2D eigenvalue weighted by atomic mass is 9.77. The number of aliphatic hydroxyl groups is 1. The molecular formula is C24H23NO6. The Bertz CT molecular complexity index is 1220. The van der Waals surface area contributed by atoms with Gasteiger partial charge < -0.3 is 28.8 Å². The van der Waals surface area contributed by atoms with E-state index in [2.05, 4.69) is 0 Å². The Morgan fingerprint density at radius 3 is 2.68 bits per heavy atom. The highest BCUT2D eigenvalue weighted by Crippen LogP contribution is 2.57. The third-order valence-corrected chi connectivity index (χ3v) is 6.72. The number of pyridine rings is 1. The minimum absolute atomic E-state index is 0.140. The Balaban J connectivity index is 1.69. The molecule has 2 bridgehead atoms. The van der Waals surface area contributed by atoms with Crippen molar-refractivity contribution in [3.05, 3.63) is 52.7 Å². The molecule has 6 rings (SSSR count). The van der Waals surface area contributed by atoms with E-state index in [9.17, 15) is 5.11 Å². The van der Waals surface area contributed by atoms with Crippen molar-refractivity contribution < 1.29 is 28.8 Å². The molecule has 1 N–H and O–H groups in total. The zero-order chi connectivity index (χ0) is 21.3. The third kappa shape index (κ3) is 2.38. The summed E-state index contributed by atoms with van der Waals surface area (Å²) in [7, 11) is 3.20. The SMILES string of the molecule is COc1ccc(OC)c([C@@]2(O)c3ccc4nc(C)c5c(c4c3[C@@H]3CC[C@H]2O3)OCO5)c1. The van der Waals surface area contributed by atoms with Gasteiger partial charge in [-0.3, -0.25) is 0 Å². The van der Waals surface area contributed by atoms with Crippen LogP contribution in [0.15, 0.2) is 30.3 Å². The van der Waals surface area contributed by atoms with Gasteiger partial charge in [0.2, 0.25) is 6.79 Å². The lowest BCUT2D eigenvalue weighted by Crippen LogP contribution is -2.44. The smallest absolute Gasteiger partial charge is 0.231 e. The number of aromatic nitrogens is 1. The molecule has 4 heterocycles. The van der Waals surface area contributed by atoms with Crippen molar-refractivity contribution in [2.75, 3.05) is 21.0 Å². The van der Waals surface area contributed by atoms with Crippen LogP contribution < -0.4 is 18.9 Å². The van der Waals surface area contributed by atoms with Crippen molar-refractivity contribution in [2.24, 2.45) is 0 Å². The minimum atomic E-state index is -1.41. The standard InChI is InChI=1S/C24H23NO6/c1-12-22-23(30-11-29-22)21-16(25-12)6-5-14-20(21)18-8-9-19(31-18)24(14,26)15-10-13(27-2)4-7-17(15)28-3/h4-7,10,18-19,26H,8-9,11H2,1-3H3/t18-,19+,24-/m0/s1. The molecule has 1 saturated heterocycles. The lowest BCUT2D eigenvalue weighted by molar-refractivity contribution is -0.102. The molecule has 0 radical (unpaired) electrons. The van der Waals surface area contributed by atoms with Crippen molar-refractivity contribution in [1.82, 2.24) is 4.98 Å². The van der Waals surface area contributed by atoms with Crippen molar-refractivity contribution >= 4 is 10.9 Å². The third-order valence-electron chi connectivity index (χ3n) is 6.72. The Hall–Kier alpha value is -3.03. The van der Waals surface area contributed by atoms with E-state index in [0.29, 0.717) is 28.6 Å². The highest BCUT2D eigenvalue weighted by Gasteiger charge is 2.54. The number of nitrogens with zero attached hydrogens (tertiary/aromatic N) is 1. The van der Waals surface area contributed by atoms with E-state index in [4.69, 9.17) is 28.7 Å². The number of ether oxygens (including phenoxy) is 5. The summed E-state index contributed by atoms with van der Waals surface area (Å²) >= 11 is 0. The molecule has 31 heavy (non-hydrogen) atoms. The summed E-state index contributed by atoms with van der Waals surface area (Å²) in [6.45, 7) is 2.06. The van der Waals surface area contributed by atoms with Gasteiger partial charge in [-0.15, -0.1) is 0 Å². The topological polar surface area (TPSA) is 79.3 Å². The van der Waals surface area contributed by atoms with Crippen LogP contribution in [-0.2, 0) is 10.3 Å². The van der Waals surface area contributed by atoms with Crippen LogP contribution in [0.25, 0.3) is 10.9 Å². The molecule has 0 aliphatic carbocycles. The Morgan fingerprint density at radius 1 is 1.03 bits per heavy atom. The van der Waals surface area contributed by atoms with Gasteiger partial charge in [0.05, 0.1) is 43.0 Å². The van der Waals surface area contributed by atoms with Crippen LogP contribution in [-0.4, -0.2) is 37.2 Å². The fourth-order valence-corrected chi connectivity index (χ4v) is 5.33. The maximum Gasteiger partial charge on any atom is 0.231 e. The molecule has 1 fully saturated rings. The molecule has 7 heteroatoms. The first kappa shape index (κ1) is 18.7. The predicted molar refractivity (Wildman–Crippen MR) is 112 cm³/mol. The first-order chi connectivity index (χ1) is 15.1. The van der Waals surface area contributed by atoms with Gasteiger partial charge in [0.25, 0.3) is 0 Å². The molecule has 160 valence electrons. The summed E-state index contributed by atoms with van der Waals surface area (Å²) in [5.41, 5.74) is 2.49. The fourth-order valence-electron chi connectivity index (χ4n) is 5.33. The monoisotopic (exact) mass is 421 g/mol. The maximum atomic E-state index is 12.3. The van der Waals surface area contributed by atoms with Crippen molar-refractivity contribution in [3.63, 3.8) is 0 Å². The van der Waals surface area contributed by atoms with Crippen LogP contribution >= 0.6 is 0 Å². The summed E-state index contributed by atoms with van der Waals surface area (Å²) in [5.74, 6) is 2.55. The molecule has 7 nitrogen and oxygen atoms in total. The van der Waals surface area contributed by atoms with E-state index in [1.807, 2.05) is 37.3 Å². The second kappa shape index (κ2) is 6.48. The molecule has 3 aromatic rings. The van der Waals surface area contributed by atoms with Crippen LogP contribution in [0.3, 0.4) is 0 Å². The van der Waals surface area contributed by atoms with Gasteiger partial charge in [0.15, 0.2) is 11.5 Å². The highest BCUT2D eigenvalue weighted by molar-refractivity contribution is 5.93. The average Bonchev–Trinajstić information content (AvgIpc) is 3.46. The molecule has 0 unspecified atom stereocenters. The number of aryl methyl sites for hydroxylation is 1.